The Kier molecular flexibility index (Phi) is 3.45. The fourth-order valence-electron chi connectivity index (χ4n) is 2.58. The van der Waals surface area contributed by atoms with E-state index in [-0.39, 0.29) is 5.60 Å². The van der Waals surface area contributed by atoms with Gasteiger partial charge in [-0.3, -0.25) is 0 Å². The van der Waals surface area contributed by atoms with Crippen LogP contribution in [-0.4, -0.2) is 5.60 Å². The van der Waals surface area contributed by atoms with E-state index in [1.54, 1.807) is 0 Å². The van der Waals surface area contributed by atoms with Crippen LogP contribution in [0.25, 0.3) is 0 Å². The number of allylic oxidation sites excluding steroid dienone is 2. The van der Waals surface area contributed by atoms with Gasteiger partial charge in [0.1, 0.15) is 5.60 Å². The van der Waals surface area contributed by atoms with Crippen LogP contribution in [0, 0.1) is 0 Å². The van der Waals surface area contributed by atoms with Gasteiger partial charge in [-0.2, -0.15) is 0 Å². The van der Waals surface area contributed by atoms with Crippen molar-refractivity contribution in [1.29, 1.82) is 0 Å². The maximum atomic E-state index is 6.23. The summed E-state index contributed by atoms with van der Waals surface area (Å²) >= 11 is 0. The number of ether oxygens (including phenoxy) is 1. The molecule has 1 aromatic rings. The summed E-state index contributed by atoms with van der Waals surface area (Å²) in [6.07, 6.45) is 0. The first-order valence-corrected chi connectivity index (χ1v) is 6.51. The van der Waals surface area contributed by atoms with Crippen molar-refractivity contribution in [2.24, 2.45) is 0 Å². The molecule has 1 heteroatoms. The second kappa shape index (κ2) is 4.74. The van der Waals surface area contributed by atoms with E-state index in [9.17, 15) is 0 Å². The average Bonchev–Trinajstić information content (AvgIpc) is 2.54. The van der Waals surface area contributed by atoms with E-state index in [1.165, 1.54) is 27.9 Å². The quantitative estimate of drug-likeness (QED) is 0.749. The van der Waals surface area contributed by atoms with Crippen LogP contribution in [0.4, 0.5) is 0 Å². The molecule has 96 valence electrons. The van der Waals surface area contributed by atoms with Gasteiger partial charge in [0.15, 0.2) is 0 Å². The van der Waals surface area contributed by atoms with E-state index in [0.29, 0.717) is 6.61 Å². The lowest BCUT2D eigenvalue weighted by Crippen LogP contribution is -2.29. The lowest BCUT2D eigenvalue weighted by molar-refractivity contribution is 0.0131. The first-order valence-electron chi connectivity index (χ1n) is 6.51. The van der Waals surface area contributed by atoms with Crippen molar-refractivity contribution < 1.29 is 4.74 Å². The summed E-state index contributed by atoms with van der Waals surface area (Å²) in [7, 11) is 0. The fourth-order valence-corrected chi connectivity index (χ4v) is 2.58. The van der Waals surface area contributed by atoms with Crippen molar-refractivity contribution in [2.45, 2.75) is 46.8 Å². The minimum atomic E-state index is -0.232. The molecule has 0 saturated carbocycles. The molecule has 0 fully saturated rings. The summed E-state index contributed by atoms with van der Waals surface area (Å²) < 4.78 is 6.23. The predicted octanol–water partition coefficient (Wildman–Crippen LogP) is 4.65. The van der Waals surface area contributed by atoms with Gasteiger partial charge in [-0.05, 0) is 62.5 Å². The third kappa shape index (κ3) is 2.04. The first-order chi connectivity index (χ1) is 8.47. The predicted molar refractivity (Wildman–Crippen MR) is 76.4 cm³/mol. The molecule has 0 spiro atoms. The molecule has 0 radical (unpaired) electrons. The summed E-state index contributed by atoms with van der Waals surface area (Å²) in [5.74, 6) is 0. The summed E-state index contributed by atoms with van der Waals surface area (Å²) in [6.45, 7) is 11.6. The Hall–Kier alpha value is -1.34. The molecule has 0 saturated heterocycles. The van der Waals surface area contributed by atoms with Crippen LogP contribution < -0.4 is 0 Å². The SMILES string of the molecule is CC1=C(C)C(C)(OCc2ccccc2)C(C)=C1C. The molecule has 2 rings (SSSR count). The van der Waals surface area contributed by atoms with Crippen LogP contribution in [0.1, 0.15) is 40.2 Å². The zero-order chi connectivity index (χ0) is 13.3. The molecule has 0 amide bonds. The molecule has 1 aromatic carbocycles. The van der Waals surface area contributed by atoms with Crippen LogP contribution in [0.15, 0.2) is 52.6 Å². The van der Waals surface area contributed by atoms with E-state index in [4.69, 9.17) is 4.74 Å². The highest BCUT2D eigenvalue weighted by Crippen LogP contribution is 2.42. The second-order valence-corrected chi connectivity index (χ2v) is 5.31. The third-order valence-electron chi connectivity index (χ3n) is 4.49. The van der Waals surface area contributed by atoms with Gasteiger partial charge in [-0.15, -0.1) is 0 Å². The summed E-state index contributed by atoms with van der Waals surface area (Å²) in [5, 5.41) is 0. The fraction of sp³-hybridized carbons (Fsp3) is 0.412. The smallest absolute Gasteiger partial charge is 0.108 e. The molecule has 1 aliphatic carbocycles. The zero-order valence-corrected chi connectivity index (χ0v) is 12.0. The molecule has 0 atom stereocenters. The Labute approximate surface area is 110 Å². The van der Waals surface area contributed by atoms with Gasteiger partial charge in [-0.1, -0.05) is 30.3 Å². The monoisotopic (exact) mass is 242 g/mol. The van der Waals surface area contributed by atoms with Gasteiger partial charge < -0.3 is 4.74 Å². The van der Waals surface area contributed by atoms with Crippen molar-refractivity contribution in [2.75, 3.05) is 0 Å². The highest BCUT2D eigenvalue weighted by Gasteiger charge is 2.37. The van der Waals surface area contributed by atoms with E-state index in [2.05, 4.69) is 58.9 Å². The zero-order valence-electron chi connectivity index (χ0n) is 12.0. The minimum Gasteiger partial charge on any atom is -0.362 e. The van der Waals surface area contributed by atoms with Gasteiger partial charge in [-0.25, -0.2) is 0 Å². The van der Waals surface area contributed by atoms with Crippen LogP contribution in [0.5, 0.6) is 0 Å². The van der Waals surface area contributed by atoms with E-state index in [0.717, 1.165) is 0 Å². The highest BCUT2D eigenvalue weighted by molar-refractivity contribution is 5.52. The standard InChI is InChI=1S/C17H22O/c1-12-13(2)15(4)17(5,14(12)3)18-11-16-9-7-6-8-10-16/h6-10H,11H2,1-5H3. The van der Waals surface area contributed by atoms with Crippen molar-refractivity contribution >= 4 is 0 Å². The van der Waals surface area contributed by atoms with Crippen LogP contribution in [-0.2, 0) is 11.3 Å². The molecule has 1 nitrogen and oxygen atoms in total. The summed E-state index contributed by atoms with van der Waals surface area (Å²) in [4.78, 5) is 0. The van der Waals surface area contributed by atoms with Gasteiger partial charge in [0, 0.05) is 0 Å². The van der Waals surface area contributed by atoms with E-state index in [1.807, 2.05) is 6.07 Å². The first kappa shape index (κ1) is 13.1. The van der Waals surface area contributed by atoms with Gasteiger partial charge >= 0.3 is 0 Å². The third-order valence-corrected chi connectivity index (χ3v) is 4.49. The Morgan fingerprint density at radius 2 is 1.39 bits per heavy atom. The number of hydrogen-bond acceptors (Lipinski definition) is 1. The molecule has 0 bridgehead atoms. The molecule has 0 heterocycles. The number of rotatable bonds is 3. The van der Waals surface area contributed by atoms with Crippen molar-refractivity contribution in [3.63, 3.8) is 0 Å². The molecular weight excluding hydrogens is 220 g/mol. The van der Waals surface area contributed by atoms with Crippen molar-refractivity contribution in [3.05, 3.63) is 58.2 Å². The van der Waals surface area contributed by atoms with Gasteiger partial charge in [0.25, 0.3) is 0 Å². The minimum absolute atomic E-state index is 0.232. The van der Waals surface area contributed by atoms with Gasteiger partial charge in [0.2, 0.25) is 0 Å². The maximum Gasteiger partial charge on any atom is 0.108 e. The lowest BCUT2D eigenvalue weighted by atomic mass is 9.93. The van der Waals surface area contributed by atoms with Crippen LogP contribution in [0.3, 0.4) is 0 Å². The second-order valence-electron chi connectivity index (χ2n) is 5.31. The average molecular weight is 242 g/mol. The van der Waals surface area contributed by atoms with Crippen molar-refractivity contribution in [3.8, 4) is 0 Å². The topological polar surface area (TPSA) is 9.23 Å². The molecule has 0 unspecified atom stereocenters. The molecule has 0 aliphatic heterocycles. The highest BCUT2D eigenvalue weighted by atomic mass is 16.5. The molecule has 0 N–H and O–H groups in total. The van der Waals surface area contributed by atoms with Crippen LogP contribution >= 0.6 is 0 Å². The number of hydrogen-bond donors (Lipinski definition) is 0. The largest absolute Gasteiger partial charge is 0.362 e. The number of benzene rings is 1. The lowest BCUT2D eigenvalue weighted by Gasteiger charge is -2.29. The maximum absolute atomic E-state index is 6.23. The summed E-state index contributed by atoms with van der Waals surface area (Å²) in [6, 6.07) is 10.4. The van der Waals surface area contributed by atoms with E-state index >= 15 is 0 Å². The molecule has 0 aromatic heterocycles. The molecular formula is C17H22O. The Morgan fingerprint density at radius 3 is 1.89 bits per heavy atom. The summed E-state index contributed by atoms with van der Waals surface area (Å²) in [5.41, 5.74) is 6.43. The normalized spacial score (nSPS) is 18.7. The van der Waals surface area contributed by atoms with Crippen LogP contribution in [0.2, 0.25) is 0 Å². The Balaban J connectivity index is 2.19. The molecule has 1 aliphatic rings. The Morgan fingerprint density at radius 1 is 0.889 bits per heavy atom. The molecule has 18 heavy (non-hydrogen) atoms. The van der Waals surface area contributed by atoms with E-state index < -0.39 is 0 Å². The van der Waals surface area contributed by atoms with Gasteiger partial charge in [0.05, 0.1) is 6.61 Å². The Bertz CT molecular complexity index is 482. The van der Waals surface area contributed by atoms with Crippen molar-refractivity contribution in [1.82, 2.24) is 0 Å².